The molecule has 0 bridgehead atoms. The molecule has 1 aromatic heterocycles. The van der Waals surface area contributed by atoms with Crippen LogP contribution in [0.2, 0.25) is 0 Å². The molecule has 0 unspecified atom stereocenters. The summed E-state index contributed by atoms with van der Waals surface area (Å²) in [6.45, 7) is 0. The van der Waals surface area contributed by atoms with Crippen LogP contribution in [0.25, 0.3) is 0 Å². The molecule has 0 atom stereocenters. The summed E-state index contributed by atoms with van der Waals surface area (Å²) in [5.74, 6) is -4.52. The van der Waals surface area contributed by atoms with Crippen LogP contribution < -0.4 is 4.74 Å². The van der Waals surface area contributed by atoms with Crippen LogP contribution in [0, 0.1) is 0 Å². The van der Waals surface area contributed by atoms with Crippen LogP contribution in [0.5, 0.6) is 5.75 Å². The lowest BCUT2D eigenvalue weighted by molar-refractivity contribution is -0.275. The zero-order valence-electron chi connectivity index (χ0n) is 9.14. The second-order valence-electron chi connectivity index (χ2n) is 3.31. The molecule has 0 radical (unpaired) electrons. The summed E-state index contributed by atoms with van der Waals surface area (Å²) in [4.78, 5) is 13.5. The van der Waals surface area contributed by atoms with Crippen LogP contribution in [-0.2, 0) is 12.1 Å². The predicted molar refractivity (Wildman–Crippen MR) is 52.4 cm³/mol. The van der Waals surface area contributed by atoms with Gasteiger partial charge < -0.3 is 9.84 Å². The number of alkyl halides is 7. The van der Waals surface area contributed by atoms with Gasteiger partial charge in [-0.1, -0.05) is 0 Å². The number of aromatic carboxylic acids is 1. The SMILES string of the molecule is O=C(O)c1cnc(C(F)(F)F)c(CCl)c1OC(F)(F)F. The second kappa shape index (κ2) is 5.35. The van der Waals surface area contributed by atoms with E-state index in [0.717, 1.165) is 0 Å². The molecule has 1 N–H and O–H groups in total. The minimum atomic E-state index is -5.38. The molecule has 11 heteroatoms. The molecule has 0 saturated carbocycles. The van der Waals surface area contributed by atoms with E-state index in [1.165, 1.54) is 0 Å². The monoisotopic (exact) mass is 323 g/mol. The third-order valence-electron chi connectivity index (χ3n) is 1.98. The molecule has 1 aromatic rings. The maximum absolute atomic E-state index is 12.6. The number of carbonyl (C=O) groups is 1. The van der Waals surface area contributed by atoms with E-state index in [1.54, 1.807) is 0 Å². The van der Waals surface area contributed by atoms with Gasteiger partial charge in [0.25, 0.3) is 0 Å². The number of aromatic nitrogens is 1. The topological polar surface area (TPSA) is 59.4 Å². The predicted octanol–water partition coefficient (Wildman–Crippen LogP) is 3.44. The van der Waals surface area contributed by atoms with Gasteiger partial charge in [0.2, 0.25) is 0 Å². The first kappa shape index (κ1) is 16.3. The Balaban J connectivity index is 3.59. The van der Waals surface area contributed by atoms with Crippen molar-refractivity contribution in [3.05, 3.63) is 23.0 Å². The molecular weight excluding hydrogens is 320 g/mol. The van der Waals surface area contributed by atoms with E-state index in [9.17, 15) is 31.1 Å². The number of carboxylic acid groups (broad SMARTS) is 1. The summed E-state index contributed by atoms with van der Waals surface area (Å²) >= 11 is 5.17. The number of hydrogen-bond acceptors (Lipinski definition) is 3. The van der Waals surface area contributed by atoms with Gasteiger partial charge in [0.1, 0.15) is 5.56 Å². The quantitative estimate of drug-likeness (QED) is 0.684. The highest BCUT2D eigenvalue weighted by atomic mass is 35.5. The van der Waals surface area contributed by atoms with Crippen molar-refractivity contribution in [2.45, 2.75) is 18.4 Å². The number of halogens is 7. The Kier molecular flexibility index (Phi) is 4.37. The molecule has 0 aliphatic rings. The van der Waals surface area contributed by atoms with Crippen LogP contribution in [0.15, 0.2) is 6.20 Å². The molecular formula is C9H4ClF6NO3. The number of hydrogen-bond donors (Lipinski definition) is 1. The van der Waals surface area contributed by atoms with E-state index < -0.39 is 47.0 Å². The average Bonchev–Trinajstić information content (AvgIpc) is 2.24. The fourth-order valence-corrected chi connectivity index (χ4v) is 1.54. The van der Waals surface area contributed by atoms with Gasteiger partial charge in [-0.2, -0.15) is 13.2 Å². The molecule has 0 amide bonds. The first-order chi connectivity index (χ1) is 8.97. The molecule has 0 aliphatic carbocycles. The van der Waals surface area contributed by atoms with Crippen molar-refractivity contribution in [2.75, 3.05) is 0 Å². The lowest BCUT2D eigenvalue weighted by Gasteiger charge is -2.17. The van der Waals surface area contributed by atoms with E-state index in [1.807, 2.05) is 0 Å². The molecule has 4 nitrogen and oxygen atoms in total. The van der Waals surface area contributed by atoms with Crippen molar-refractivity contribution >= 4 is 17.6 Å². The minimum Gasteiger partial charge on any atom is -0.477 e. The van der Waals surface area contributed by atoms with Crippen molar-refractivity contribution in [3.63, 3.8) is 0 Å². The van der Waals surface area contributed by atoms with E-state index in [2.05, 4.69) is 9.72 Å². The van der Waals surface area contributed by atoms with Crippen molar-refractivity contribution < 1.29 is 41.0 Å². The van der Waals surface area contributed by atoms with Crippen molar-refractivity contribution in [2.24, 2.45) is 0 Å². The van der Waals surface area contributed by atoms with Gasteiger partial charge in [-0.3, -0.25) is 4.98 Å². The van der Waals surface area contributed by atoms with E-state index in [0.29, 0.717) is 0 Å². The molecule has 0 spiro atoms. The summed E-state index contributed by atoms with van der Waals surface area (Å²) < 4.78 is 77.6. The lowest BCUT2D eigenvalue weighted by Crippen LogP contribution is -2.22. The largest absolute Gasteiger partial charge is 0.573 e. The third kappa shape index (κ3) is 3.65. The molecule has 20 heavy (non-hydrogen) atoms. The fourth-order valence-electron chi connectivity index (χ4n) is 1.29. The zero-order chi connectivity index (χ0) is 15.7. The van der Waals surface area contributed by atoms with Gasteiger partial charge in [0, 0.05) is 11.8 Å². The van der Waals surface area contributed by atoms with E-state index in [4.69, 9.17) is 16.7 Å². The van der Waals surface area contributed by atoms with Crippen LogP contribution in [0.4, 0.5) is 26.3 Å². The van der Waals surface area contributed by atoms with E-state index >= 15 is 0 Å². The van der Waals surface area contributed by atoms with Gasteiger partial charge in [0.15, 0.2) is 11.4 Å². The number of carboxylic acids is 1. The molecule has 0 aromatic carbocycles. The maximum atomic E-state index is 12.6. The number of ether oxygens (including phenoxy) is 1. The van der Waals surface area contributed by atoms with Crippen LogP contribution in [-0.4, -0.2) is 22.4 Å². The van der Waals surface area contributed by atoms with Crippen molar-refractivity contribution in [1.82, 2.24) is 4.98 Å². The van der Waals surface area contributed by atoms with Crippen molar-refractivity contribution in [1.29, 1.82) is 0 Å². The molecule has 1 rings (SSSR count). The summed E-state index contributed by atoms with van der Waals surface area (Å²) in [5, 5.41) is 8.66. The minimum absolute atomic E-state index is 0.127. The standard InChI is InChI=1S/C9H4ClF6NO3/c10-1-3-5(20-9(14,15)16)4(7(18)19)2-17-6(3)8(11,12)13/h2H,1H2,(H,18,19). The normalized spacial score (nSPS) is 12.3. The smallest absolute Gasteiger partial charge is 0.477 e. The summed E-state index contributed by atoms with van der Waals surface area (Å²) in [7, 11) is 0. The zero-order valence-corrected chi connectivity index (χ0v) is 9.90. The third-order valence-corrected chi connectivity index (χ3v) is 2.24. The van der Waals surface area contributed by atoms with Crippen LogP contribution in [0.3, 0.4) is 0 Å². The Morgan fingerprint density at radius 2 is 1.85 bits per heavy atom. The average molecular weight is 324 g/mol. The fraction of sp³-hybridized carbons (Fsp3) is 0.333. The highest BCUT2D eigenvalue weighted by Gasteiger charge is 2.41. The van der Waals surface area contributed by atoms with Crippen molar-refractivity contribution in [3.8, 4) is 5.75 Å². The van der Waals surface area contributed by atoms with Gasteiger partial charge in [-0.05, 0) is 0 Å². The van der Waals surface area contributed by atoms with Crippen LogP contribution >= 0.6 is 11.6 Å². The first-order valence-electron chi connectivity index (χ1n) is 4.61. The van der Waals surface area contributed by atoms with E-state index in [-0.39, 0.29) is 6.20 Å². The highest BCUT2D eigenvalue weighted by Crippen LogP contribution is 2.39. The molecule has 0 saturated heterocycles. The number of rotatable bonds is 3. The van der Waals surface area contributed by atoms with Gasteiger partial charge in [0.05, 0.1) is 5.88 Å². The number of pyridine rings is 1. The van der Waals surface area contributed by atoms with Gasteiger partial charge >= 0.3 is 18.5 Å². The maximum Gasteiger partial charge on any atom is 0.573 e. The first-order valence-corrected chi connectivity index (χ1v) is 5.15. The van der Waals surface area contributed by atoms with Gasteiger partial charge in [-0.25, -0.2) is 4.79 Å². The Labute approximate surface area is 111 Å². The molecule has 1 heterocycles. The highest BCUT2D eigenvalue weighted by molar-refractivity contribution is 6.17. The lowest BCUT2D eigenvalue weighted by atomic mass is 10.1. The Morgan fingerprint density at radius 1 is 1.30 bits per heavy atom. The summed E-state index contributed by atoms with van der Waals surface area (Å²) in [6.07, 6.45) is -10.4. The summed E-state index contributed by atoms with van der Waals surface area (Å²) in [5.41, 5.74) is -4.11. The number of nitrogens with zero attached hydrogens (tertiary/aromatic N) is 1. The Bertz CT molecular complexity index is 528. The molecule has 0 aliphatic heterocycles. The second-order valence-corrected chi connectivity index (χ2v) is 3.58. The van der Waals surface area contributed by atoms with Gasteiger partial charge in [-0.15, -0.1) is 24.8 Å². The Morgan fingerprint density at radius 3 is 2.20 bits per heavy atom. The Hall–Kier alpha value is -1.71. The molecule has 112 valence electrons. The molecule has 0 fully saturated rings. The summed E-state index contributed by atoms with van der Waals surface area (Å²) in [6, 6.07) is 0. The van der Waals surface area contributed by atoms with Crippen LogP contribution in [0.1, 0.15) is 21.6 Å².